The Balaban J connectivity index is 3.02. The number of ether oxygens (including phenoxy) is 1. The smallest absolute Gasteiger partial charge is 0.243 e. The van der Waals surface area contributed by atoms with E-state index in [1.54, 1.807) is 0 Å². The minimum atomic E-state index is -3.76. The molecule has 1 aromatic rings. The maximum atomic E-state index is 14.0. The molecule has 0 saturated heterocycles. The molecule has 0 aliphatic carbocycles. The molecule has 1 atom stereocenters. The number of nitrogens with two attached hydrogens (primary N) is 1. The molecule has 2 N–H and O–H groups in total. The van der Waals surface area contributed by atoms with Crippen LogP contribution in [0.5, 0.6) is 5.75 Å². The van der Waals surface area contributed by atoms with Crippen molar-refractivity contribution in [2.24, 2.45) is 11.7 Å². The third-order valence-corrected chi connectivity index (χ3v) is 5.84. The van der Waals surface area contributed by atoms with Crippen LogP contribution in [0.2, 0.25) is 0 Å². The van der Waals surface area contributed by atoms with Gasteiger partial charge in [-0.2, -0.15) is 0 Å². The van der Waals surface area contributed by atoms with Crippen LogP contribution in [0.25, 0.3) is 0 Å². The van der Waals surface area contributed by atoms with Crippen LogP contribution in [0.1, 0.15) is 25.8 Å². The Morgan fingerprint density at radius 1 is 1.36 bits per heavy atom. The summed E-state index contributed by atoms with van der Waals surface area (Å²) in [6.45, 7) is 5.69. The molecule has 1 rings (SSSR count). The Kier molecular flexibility index (Phi) is 6.34. The van der Waals surface area contributed by atoms with E-state index in [4.69, 9.17) is 10.5 Å². The monoisotopic (exact) mass is 332 g/mol. The fourth-order valence-electron chi connectivity index (χ4n) is 2.03. The molecule has 0 spiro atoms. The second kappa shape index (κ2) is 7.39. The summed E-state index contributed by atoms with van der Waals surface area (Å²) in [5.74, 6) is -0.354. The topological polar surface area (TPSA) is 72.6 Å². The van der Waals surface area contributed by atoms with Gasteiger partial charge in [-0.1, -0.05) is 13.8 Å². The number of benzene rings is 1. The maximum absolute atomic E-state index is 14.0. The summed E-state index contributed by atoms with van der Waals surface area (Å²) in [4.78, 5) is -0.0496. The zero-order valence-electron chi connectivity index (χ0n) is 13.8. The van der Waals surface area contributed by atoms with Crippen molar-refractivity contribution in [1.82, 2.24) is 4.31 Å². The molecular weight excluding hydrogens is 307 g/mol. The molecule has 0 aliphatic heterocycles. The molecule has 126 valence electrons. The number of hydrogen-bond acceptors (Lipinski definition) is 4. The van der Waals surface area contributed by atoms with Crippen molar-refractivity contribution in [2.45, 2.75) is 38.1 Å². The summed E-state index contributed by atoms with van der Waals surface area (Å²) < 4.78 is 45.2. The molecule has 0 saturated carbocycles. The van der Waals surface area contributed by atoms with Gasteiger partial charge in [0.15, 0.2) is 11.6 Å². The van der Waals surface area contributed by atoms with Gasteiger partial charge in [0.1, 0.15) is 0 Å². The van der Waals surface area contributed by atoms with Gasteiger partial charge in [-0.3, -0.25) is 0 Å². The van der Waals surface area contributed by atoms with Crippen LogP contribution >= 0.6 is 0 Å². The van der Waals surface area contributed by atoms with Crippen LogP contribution in [0, 0.1) is 18.7 Å². The minimum absolute atomic E-state index is 0.0286. The second-order valence-corrected chi connectivity index (χ2v) is 7.74. The lowest BCUT2D eigenvalue weighted by atomic mass is 10.0. The van der Waals surface area contributed by atoms with Crippen molar-refractivity contribution in [3.8, 4) is 5.75 Å². The summed E-state index contributed by atoms with van der Waals surface area (Å²) in [6.07, 6.45) is 0.547. The Morgan fingerprint density at radius 3 is 2.45 bits per heavy atom. The summed E-state index contributed by atoms with van der Waals surface area (Å²) in [6, 6.07) is 2.61. The van der Waals surface area contributed by atoms with Crippen LogP contribution in [0.4, 0.5) is 4.39 Å². The first kappa shape index (κ1) is 18.9. The predicted molar refractivity (Wildman–Crippen MR) is 84.9 cm³/mol. The zero-order valence-corrected chi connectivity index (χ0v) is 14.6. The average Bonchev–Trinajstić information content (AvgIpc) is 2.46. The minimum Gasteiger partial charge on any atom is -0.494 e. The fraction of sp³-hybridized carbons (Fsp3) is 0.600. The van der Waals surface area contributed by atoms with Crippen LogP contribution in [-0.2, 0) is 10.0 Å². The van der Waals surface area contributed by atoms with E-state index in [2.05, 4.69) is 0 Å². The third kappa shape index (κ3) is 3.97. The lowest BCUT2D eigenvalue weighted by Gasteiger charge is -2.22. The van der Waals surface area contributed by atoms with Crippen molar-refractivity contribution in [3.05, 3.63) is 23.5 Å². The fourth-order valence-corrected chi connectivity index (χ4v) is 3.43. The van der Waals surface area contributed by atoms with Crippen LogP contribution in [0.15, 0.2) is 17.0 Å². The molecule has 0 aliphatic rings. The molecule has 1 unspecified atom stereocenters. The average molecular weight is 332 g/mol. The Bertz CT molecular complexity index is 617. The van der Waals surface area contributed by atoms with Gasteiger partial charge in [-0.25, -0.2) is 17.1 Å². The highest BCUT2D eigenvalue weighted by molar-refractivity contribution is 7.89. The van der Waals surface area contributed by atoms with Crippen molar-refractivity contribution in [1.29, 1.82) is 0 Å². The van der Waals surface area contributed by atoms with Crippen LogP contribution in [0.3, 0.4) is 0 Å². The van der Waals surface area contributed by atoms with Crippen molar-refractivity contribution >= 4 is 10.0 Å². The molecule has 1 aromatic carbocycles. The molecule has 0 amide bonds. The molecule has 0 aromatic heterocycles. The third-order valence-electron chi connectivity index (χ3n) is 3.84. The SMILES string of the molecule is COc1ccc(S(=O)(=O)N(C)CCC(N)C(C)C)c(C)c1F. The standard InChI is InChI=1S/C15H25FN2O3S/c1-10(2)12(17)8-9-18(4)22(19,20)14-7-6-13(21-5)15(16)11(14)3/h6-7,10,12H,8-9,17H2,1-5H3. The van der Waals surface area contributed by atoms with Gasteiger partial charge in [0.25, 0.3) is 0 Å². The van der Waals surface area contributed by atoms with E-state index in [1.165, 1.54) is 37.5 Å². The second-order valence-electron chi connectivity index (χ2n) is 5.73. The van der Waals surface area contributed by atoms with Crippen molar-refractivity contribution in [2.75, 3.05) is 20.7 Å². The highest BCUT2D eigenvalue weighted by Crippen LogP contribution is 2.27. The first-order valence-electron chi connectivity index (χ1n) is 7.18. The van der Waals surface area contributed by atoms with Gasteiger partial charge in [-0.15, -0.1) is 0 Å². The van der Waals surface area contributed by atoms with Gasteiger partial charge in [0.2, 0.25) is 10.0 Å². The molecule has 7 heteroatoms. The van der Waals surface area contributed by atoms with E-state index in [1.807, 2.05) is 13.8 Å². The zero-order chi connectivity index (χ0) is 17.1. The number of nitrogens with zero attached hydrogens (tertiary/aromatic N) is 1. The summed E-state index contributed by atoms with van der Waals surface area (Å²) in [7, 11) is -0.941. The summed E-state index contributed by atoms with van der Waals surface area (Å²) in [5.41, 5.74) is 6.00. The van der Waals surface area contributed by atoms with Gasteiger partial charge in [0, 0.05) is 25.2 Å². The van der Waals surface area contributed by atoms with Crippen LogP contribution < -0.4 is 10.5 Å². The van der Waals surface area contributed by atoms with Gasteiger partial charge < -0.3 is 10.5 Å². The highest BCUT2D eigenvalue weighted by atomic mass is 32.2. The quantitative estimate of drug-likeness (QED) is 0.830. The summed E-state index contributed by atoms with van der Waals surface area (Å²) in [5, 5.41) is 0. The number of sulfonamides is 1. The Morgan fingerprint density at radius 2 is 1.95 bits per heavy atom. The molecular formula is C15H25FN2O3S. The number of rotatable bonds is 7. The Hall–Kier alpha value is -1.18. The summed E-state index contributed by atoms with van der Waals surface area (Å²) >= 11 is 0. The van der Waals surface area contributed by atoms with E-state index >= 15 is 0 Å². The first-order valence-corrected chi connectivity index (χ1v) is 8.62. The van der Waals surface area contributed by atoms with Crippen molar-refractivity contribution < 1.29 is 17.5 Å². The molecule has 0 bridgehead atoms. The highest BCUT2D eigenvalue weighted by Gasteiger charge is 2.26. The lowest BCUT2D eigenvalue weighted by molar-refractivity contribution is 0.382. The van der Waals surface area contributed by atoms with E-state index in [-0.39, 0.29) is 34.7 Å². The molecule has 0 fully saturated rings. The lowest BCUT2D eigenvalue weighted by Crippen LogP contribution is -2.35. The predicted octanol–water partition coefficient (Wildman–Crippen LogP) is 2.14. The molecule has 0 heterocycles. The number of hydrogen-bond donors (Lipinski definition) is 1. The van der Waals surface area contributed by atoms with E-state index in [0.717, 1.165) is 0 Å². The number of halogens is 1. The van der Waals surface area contributed by atoms with Gasteiger partial charge in [-0.05, 0) is 31.4 Å². The van der Waals surface area contributed by atoms with Gasteiger partial charge >= 0.3 is 0 Å². The van der Waals surface area contributed by atoms with E-state index in [0.29, 0.717) is 6.42 Å². The van der Waals surface area contributed by atoms with Crippen LogP contribution in [-0.4, -0.2) is 39.5 Å². The largest absolute Gasteiger partial charge is 0.494 e. The van der Waals surface area contributed by atoms with E-state index in [9.17, 15) is 12.8 Å². The Labute approximate surface area is 132 Å². The normalized spacial score (nSPS) is 13.7. The maximum Gasteiger partial charge on any atom is 0.243 e. The van der Waals surface area contributed by atoms with E-state index < -0.39 is 15.8 Å². The molecule has 22 heavy (non-hydrogen) atoms. The first-order chi connectivity index (χ1) is 10.1. The molecule has 5 nitrogen and oxygen atoms in total. The van der Waals surface area contributed by atoms with Gasteiger partial charge in [0.05, 0.1) is 12.0 Å². The van der Waals surface area contributed by atoms with Crippen molar-refractivity contribution in [3.63, 3.8) is 0 Å². The molecule has 0 radical (unpaired) electrons. The number of methoxy groups -OCH3 is 1.